The molecule has 4 nitrogen and oxygen atoms in total. The molecule has 0 N–H and O–H groups in total. The molecule has 0 aliphatic rings. The van der Waals surface area contributed by atoms with Gasteiger partial charge in [0.15, 0.2) is 0 Å². The van der Waals surface area contributed by atoms with Gasteiger partial charge in [-0.25, -0.2) is 0 Å². The molecule has 0 atom stereocenters. The van der Waals surface area contributed by atoms with Crippen LogP contribution >= 0.6 is 23.5 Å². The minimum absolute atomic E-state index is 0.0490. The Morgan fingerprint density at radius 2 is 1.16 bits per heavy atom. The van der Waals surface area contributed by atoms with E-state index in [9.17, 15) is 0 Å². The van der Waals surface area contributed by atoms with Crippen LogP contribution in [0.1, 0.15) is 34.6 Å². The van der Waals surface area contributed by atoms with Crippen LogP contribution in [0.3, 0.4) is 0 Å². The molecule has 0 bridgehead atoms. The number of hydrogen-bond donors (Lipinski definition) is 0. The zero-order chi connectivity index (χ0) is 23.0. The van der Waals surface area contributed by atoms with E-state index in [2.05, 4.69) is 6.58 Å². The predicted octanol–water partition coefficient (Wildman–Crippen LogP) is 7.58. The van der Waals surface area contributed by atoms with Crippen molar-refractivity contribution in [2.75, 3.05) is 14.2 Å². The Kier molecular flexibility index (Phi) is 9.72. The zero-order valence-corrected chi connectivity index (χ0v) is 21.0. The van der Waals surface area contributed by atoms with Crippen LogP contribution in [0.15, 0.2) is 68.7 Å². The highest BCUT2D eigenvalue weighted by molar-refractivity contribution is 8.22. The van der Waals surface area contributed by atoms with E-state index in [1.807, 2.05) is 77.1 Å². The molecule has 0 saturated carbocycles. The molecular formula is C25H32O4S2. The van der Waals surface area contributed by atoms with Crippen molar-refractivity contribution in [2.24, 2.45) is 0 Å². The molecule has 0 radical (unpaired) electrons. The van der Waals surface area contributed by atoms with Crippen molar-refractivity contribution < 1.29 is 18.9 Å². The van der Waals surface area contributed by atoms with Crippen LogP contribution in [-0.4, -0.2) is 26.4 Å². The van der Waals surface area contributed by atoms with Gasteiger partial charge in [0.05, 0.1) is 40.5 Å². The number of ether oxygens (including phenoxy) is 4. The SMILES string of the molecule is C=C(C)C=C(Sc1c(OC)cccc1OC(C)C)Sc1c(OC)cccc1OC(C)C. The van der Waals surface area contributed by atoms with Crippen LogP contribution in [0.5, 0.6) is 23.0 Å². The average molecular weight is 461 g/mol. The first kappa shape index (κ1) is 25.1. The lowest BCUT2D eigenvalue weighted by molar-refractivity contribution is 0.234. The van der Waals surface area contributed by atoms with Gasteiger partial charge >= 0.3 is 0 Å². The van der Waals surface area contributed by atoms with Crippen molar-refractivity contribution in [1.29, 1.82) is 0 Å². The van der Waals surface area contributed by atoms with Gasteiger partial charge in [-0.1, -0.05) is 47.8 Å². The zero-order valence-electron chi connectivity index (χ0n) is 19.4. The molecule has 0 unspecified atom stereocenters. The van der Waals surface area contributed by atoms with Gasteiger partial charge in [-0.05, 0) is 65.0 Å². The Bertz CT molecular complexity index is 854. The van der Waals surface area contributed by atoms with E-state index < -0.39 is 0 Å². The molecule has 2 aromatic rings. The maximum absolute atomic E-state index is 6.06. The van der Waals surface area contributed by atoms with Gasteiger partial charge in [-0.3, -0.25) is 0 Å². The van der Waals surface area contributed by atoms with E-state index in [0.29, 0.717) is 0 Å². The van der Waals surface area contributed by atoms with Crippen molar-refractivity contribution in [2.45, 2.75) is 56.6 Å². The standard InChI is InChI=1S/C25H32O4S2/c1-16(2)15-23(30-24-19(26-7)11-9-13-21(24)28-17(3)4)31-25-20(27-8)12-10-14-22(25)29-18(5)6/h9-15,17-18H,1H2,2-8H3. The van der Waals surface area contributed by atoms with Crippen LogP contribution < -0.4 is 18.9 Å². The van der Waals surface area contributed by atoms with Gasteiger partial charge in [0.25, 0.3) is 0 Å². The maximum atomic E-state index is 6.06. The van der Waals surface area contributed by atoms with Crippen molar-refractivity contribution in [1.82, 2.24) is 0 Å². The van der Waals surface area contributed by atoms with Crippen molar-refractivity contribution in [3.63, 3.8) is 0 Å². The maximum Gasteiger partial charge on any atom is 0.137 e. The van der Waals surface area contributed by atoms with Gasteiger partial charge < -0.3 is 18.9 Å². The normalized spacial score (nSPS) is 10.7. The second kappa shape index (κ2) is 12.0. The van der Waals surface area contributed by atoms with Crippen molar-refractivity contribution >= 4 is 23.5 Å². The van der Waals surface area contributed by atoms with Gasteiger partial charge in [0.2, 0.25) is 0 Å². The smallest absolute Gasteiger partial charge is 0.137 e. The number of methoxy groups -OCH3 is 2. The number of benzene rings is 2. The molecule has 0 aromatic heterocycles. The van der Waals surface area contributed by atoms with E-state index in [-0.39, 0.29) is 12.2 Å². The Morgan fingerprint density at radius 3 is 1.48 bits per heavy atom. The van der Waals surface area contributed by atoms with E-state index in [0.717, 1.165) is 42.6 Å². The van der Waals surface area contributed by atoms with Crippen molar-refractivity contribution in [3.8, 4) is 23.0 Å². The molecule has 0 saturated heterocycles. The van der Waals surface area contributed by atoms with E-state index >= 15 is 0 Å². The van der Waals surface area contributed by atoms with E-state index in [1.165, 1.54) is 0 Å². The van der Waals surface area contributed by atoms with Gasteiger partial charge in [0.1, 0.15) is 23.0 Å². The van der Waals surface area contributed by atoms with Gasteiger partial charge in [-0.2, -0.15) is 0 Å². The second-order valence-corrected chi connectivity index (χ2v) is 9.78. The topological polar surface area (TPSA) is 36.9 Å². The third kappa shape index (κ3) is 7.47. The molecule has 0 fully saturated rings. The number of hydrogen-bond acceptors (Lipinski definition) is 6. The quantitative estimate of drug-likeness (QED) is 0.254. The lowest BCUT2D eigenvalue weighted by Crippen LogP contribution is -2.07. The highest BCUT2D eigenvalue weighted by Crippen LogP contribution is 2.51. The molecule has 0 heterocycles. The Hall–Kier alpha value is -2.18. The molecular weight excluding hydrogens is 428 g/mol. The average Bonchev–Trinajstić information content (AvgIpc) is 2.69. The third-order valence-electron chi connectivity index (χ3n) is 3.82. The Balaban J connectivity index is 2.51. The first-order valence-corrected chi connectivity index (χ1v) is 11.8. The fourth-order valence-corrected chi connectivity index (χ4v) is 5.22. The minimum Gasteiger partial charge on any atom is -0.495 e. The summed E-state index contributed by atoms with van der Waals surface area (Å²) in [6, 6.07) is 11.7. The summed E-state index contributed by atoms with van der Waals surface area (Å²) >= 11 is 3.16. The Labute approximate surface area is 195 Å². The highest BCUT2D eigenvalue weighted by Gasteiger charge is 2.19. The summed E-state index contributed by atoms with van der Waals surface area (Å²) in [6.45, 7) is 14.1. The van der Waals surface area contributed by atoms with E-state index in [1.54, 1.807) is 37.7 Å². The summed E-state index contributed by atoms with van der Waals surface area (Å²) < 4.78 is 24.4. The lowest BCUT2D eigenvalue weighted by atomic mass is 10.3. The van der Waals surface area contributed by atoms with Crippen LogP contribution in [0, 0.1) is 0 Å². The molecule has 31 heavy (non-hydrogen) atoms. The number of thioether (sulfide) groups is 2. The van der Waals surface area contributed by atoms with Crippen LogP contribution in [0.4, 0.5) is 0 Å². The van der Waals surface area contributed by atoms with Crippen molar-refractivity contribution in [3.05, 3.63) is 58.9 Å². The second-order valence-electron chi connectivity index (χ2n) is 7.42. The van der Waals surface area contributed by atoms with Gasteiger partial charge in [-0.15, -0.1) is 0 Å². The molecule has 0 amide bonds. The monoisotopic (exact) mass is 460 g/mol. The fraction of sp³-hybridized carbons (Fsp3) is 0.360. The molecule has 2 aromatic carbocycles. The number of allylic oxidation sites excluding steroid dienone is 2. The molecule has 0 aliphatic carbocycles. The van der Waals surface area contributed by atoms with E-state index in [4.69, 9.17) is 18.9 Å². The van der Waals surface area contributed by atoms with Gasteiger partial charge in [0, 0.05) is 0 Å². The van der Waals surface area contributed by atoms with Crippen LogP contribution in [0.2, 0.25) is 0 Å². The summed E-state index contributed by atoms with van der Waals surface area (Å²) in [5, 5.41) is 0. The predicted molar refractivity (Wildman–Crippen MR) is 132 cm³/mol. The van der Waals surface area contributed by atoms with Crippen LogP contribution in [-0.2, 0) is 0 Å². The lowest BCUT2D eigenvalue weighted by Gasteiger charge is -2.19. The summed E-state index contributed by atoms with van der Waals surface area (Å²) in [6.07, 6.45) is 2.15. The third-order valence-corrected chi connectivity index (χ3v) is 6.17. The number of rotatable bonds is 11. The summed E-state index contributed by atoms with van der Waals surface area (Å²) in [5.41, 5.74) is 0.942. The summed E-state index contributed by atoms with van der Waals surface area (Å²) in [7, 11) is 3.34. The minimum atomic E-state index is 0.0490. The largest absolute Gasteiger partial charge is 0.495 e. The Morgan fingerprint density at radius 1 is 0.774 bits per heavy atom. The first-order chi connectivity index (χ1) is 14.7. The molecule has 0 spiro atoms. The molecule has 168 valence electrons. The molecule has 2 rings (SSSR count). The first-order valence-electron chi connectivity index (χ1n) is 10.1. The molecule has 0 aliphatic heterocycles. The highest BCUT2D eigenvalue weighted by atomic mass is 32.2. The fourth-order valence-electron chi connectivity index (χ4n) is 2.69. The summed E-state index contributed by atoms with van der Waals surface area (Å²) in [5.74, 6) is 3.09. The summed E-state index contributed by atoms with van der Waals surface area (Å²) in [4.78, 5) is 1.83. The molecule has 6 heteroatoms. The van der Waals surface area contributed by atoms with Crippen LogP contribution in [0.25, 0.3) is 0 Å².